The van der Waals surface area contributed by atoms with Gasteiger partial charge in [-0.3, -0.25) is 14.4 Å². The van der Waals surface area contributed by atoms with E-state index in [0.29, 0.717) is 25.1 Å². The highest BCUT2D eigenvalue weighted by atomic mass is 16.2. The van der Waals surface area contributed by atoms with Crippen LogP contribution in [0, 0.1) is 22.7 Å². The Labute approximate surface area is 194 Å². The summed E-state index contributed by atoms with van der Waals surface area (Å²) in [6.45, 7) is 8.61. The average Bonchev–Trinajstić information content (AvgIpc) is 3.37. The number of aromatic nitrogens is 1. The summed E-state index contributed by atoms with van der Waals surface area (Å²) in [6.07, 6.45) is 2.20. The van der Waals surface area contributed by atoms with Gasteiger partial charge in [-0.05, 0) is 48.8 Å². The topological polar surface area (TPSA) is 127 Å². The largest absolute Gasteiger partial charge is 0.356 e. The van der Waals surface area contributed by atoms with Crippen LogP contribution < -0.4 is 16.0 Å². The fourth-order valence-corrected chi connectivity index (χ4v) is 4.14. The molecule has 0 saturated carbocycles. The van der Waals surface area contributed by atoms with Gasteiger partial charge in [-0.25, -0.2) is 0 Å². The van der Waals surface area contributed by atoms with Crippen LogP contribution in [0.25, 0.3) is 10.9 Å². The minimum atomic E-state index is -0.816. The summed E-state index contributed by atoms with van der Waals surface area (Å²) in [5, 5.41) is 18.8. The van der Waals surface area contributed by atoms with Crippen LogP contribution in [-0.4, -0.2) is 41.3 Å². The Morgan fingerprint density at radius 2 is 2.00 bits per heavy atom. The van der Waals surface area contributed by atoms with Gasteiger partial charge in [0.1, 0.15) is 17.8 Å². The van der Waals surface area contributed by atoms with Gasteiger partial charge < -0.3 is 20.9 Å². The van der Waals surface area contributed by atoms with Gasteiger partial charge in [-0.2, -0.15) is 5.26 Å². The van der Waals surface area contributed by atoms with Crippen LogP contribution in [0.4, 0.5) is 0 Å². The molecule has 3 rings (SSSR count). The lowest BCUT2D eigenvalue weighted by Gasteiger charge is -2.27. The molecule has 0 radical (unpaired) electrons. The number of benzene rings is 1. The fraction of sp³-hybridized carbons (Fsp3) is 0.520. The van der Waals surface area contributed by atoms with Crippen molar-refractivity contribution in [1.29, 1.82) is 5.26 Å². The van der Waals surface area contributed by atoms with Gasteiger partial charge in [0.2, 0.25) is 11.8 Å². The lowest BCUT2D eigenvalue weighted by molar-refractivity contribution is -0.125. The van der Waals surface area contributed by atoms with Crippen LogP contribution in [0.15, 0.2) is 24.3 Å². The summed E-state index contributed by atoms with van der Waals surface area (Å²) < 4.78 is 0. The first-order valence-electron chi connectivity index (χ1n) is 11.5. The molecule has 3 amide bonds. The molecule has 3 atom stereocenters. The third-order valence-corrected chi connectivity index (χ3v) is 5.93. The van der Waals surface area contributed by atoms with E-state index in [1.165, 1.54) is 5.56 Å². The lowest BCUT2D eigenvalue weighted by Crippen LogP contribution is -2.51. The number of aromatic amines is 1. The number of nitrogens with zero attached hydrogens (tertiary/aromatic N) is 1. The zero-order chi connectivity index (χ0) is 24.2. The molecule has 1 aliphatic rings. The van der Waals surface area contributed by atoms with E-state index < -0.39 is 18.0 Å². The number of H-pyrrole nitrogens is 1. The quantitative estimate of drug-likeness (QED) is 0.492. The van der Waals surface area contributed by atoms with Crippen molar-refractivity contribution in [3.8, 4) is 6.07 Å². The molecular formula is C25H33N5O3. The highest BCUT2D eigenvalue weighted by Crippen LogP contribution is 2.23. The Kier molecular flexibility index (Phi) is 7.42. The van der Waals surface area contributed by atoms with Gasteiger partial charge in [-0.15, -0.1) is 0 Å². The summed E-state index contributed by atoms with van der Waals surface area (Å²) in [4.78, 5) is 41.1. The summed E-state index contributed by atoms with van der Waals surface area (Å²) in [5.41, 5.74) is 2.18. The number of nitrogens with one attached hydrogen (secondary N) is 4. The molecule has 1 saturated heterocycles. The maximum atomic E-state index is 13.1. The Morgan fingerprint density at radius 1 is 1.24 bits per heavy atom. The van der Waals surface area contributed by atoms with E-state index in [9.17, 15) is 19.6 Å². The van der Waals surface area contributed by atoms with Crippen molar-refractivity contribution in [3.63, 3.8) is 0 Å². The van der Waals surface area contributed by atoms with Crippen molar-refractivity contribution in [3.05, 3.63) is 35.5 Å². The highest BCUT2D eigenvalue weighted by Gasteiger charge is 2.31. The summed E-state index contributed by atoms with van der Waals surface area (Å²) >= 11 is 0. The number of nitriles is 1. The van der Waals surface area contributed by atoms with E-state index in [1.807, 2.05) is 39.0 Å². The molecule has 1 fully saturated rings. The molecule has 2 heterocycles. The molecule has 4 N–H and O–H groups in total. The first-order chi connectivity index (χ1) is 15.6. The molecule has 1 aromatic carbocycles. The van der Waals surface area contributed by atoms with Crippen molar-refractivity contribution >= 4 is 28.6 Å². The minimum Gasteiger partial charge on any atom is -0.356 e. The van der Waals surface area contributed by atoms with Gasteiger partial charge in [0.05, 0.1) is 6.07 Å². The van der Waals surface area contributed by atoms with Crippen LogP contribution in [0.2, 0.25) is 0 Å². The van der Waals surface area contributed by atoms with Gasteiger partial charge >= 0.3 is 0 Å². The third kappa shape index (κ3) is 6.35. The van der Waals surface area contributed by atoms with Crippen molar-refractivity contribution in [2.24, 2.45) is 11.3 Å². The van der Waals surface area contributed by atoms with Crippen LogP contribution >= 0.6 is 0 Å². The number of amides is 3. The van der Waals surface area contributed by atoms with Crippen molar-refractivity contribution in [1.82, 2.24) is 20.9 Å². The average molecular weight is 452 g/mol. The molecule has 8 nitrogen and oxygen atoms in total. The molecule has 176 valence electrons. The maximum absolute atomic E-state index is 13.1. The van der Waals surface area contributed by atoms with Crippen LogP contribution in [0.5, 0.6) is 0 Å². The second kappa shape index (κ2) is 10.1. The second-order valence-electron chi connectivity index (χ2n) is 9.95. The van der Waals surface area contributed by atoms with Gasteiger partial charge in [-0.1, -0.05) is 39.8 Å². The van der Waals surface area contributed by atoms with E-state index in [1.54, 1.807) is 6.07 Å². The first-order valence-corrected chi connectivity index (χ1v) is 11.5. The zero-order valence-corrected chi connectivity index (χ0v) is 19.7. The van der Waals surface area contributed by atoms with Crippen molar-refractivity contribution < 1.29 is 14.4 Å². The smallest absolute Gasteiger partial charge is 0.268 e. The Balaban J connectivity index is 1.73. The van der Waals surface area contributed by atoms with E-state index >= 15 is 0 Å². The molecular weight excluding hydrogens is 418 g/mol. The van der Waals surface area contributed by atoms with Crippen LogP contribution in [0.1, 0.15) is 63.0 Å². The normalized spacial score (nSPS) is 17.8. The highest BCUT2D eigenvalue weighted by molar-refractivity contribution is 6.00. The van der Waals surface area contributed by atoms with Gasteiger partial charge in [0.25, 0.3) is 5.91 Å². The maximum Gasteiger partial charge on any atom is 0.268 e. The van der Waals surface area contributed by atoms with E-state index in [0.717, 1.165) is 17.3 Å². The SMILES string of the molecule is CCc1ccc2cc(C(=O)N[C@@H](CC(C)(C)C)C(=O)N[C@H](C#N)C[C@@H]3CCNC3=O)[nH]c2c1. The van der Waals surface area contributed by atoms with Crippen LogP contribution in [-0.2, 0) is 16.0 Å². The van der Waals surface area contributed by atoms with Crippen LogP contribution in [0.3, 0.4) is 0 Å². The van der Waals surface area contributed by atoms with Crippen molar-refractivity contribution in [2.45, 2.75) is 65.5 Å². The zero-order valence-electron chi connectivity index (χ0n) is 19.7. The number of carbonyl (C=O) groups is 3. The number of fused-ring (bicyclic) bond motifs is 1. The number of carbonyl (C=O) groups excluding carboxylic acids is 3. The summed E-state index contributed by atoms with van der Waals surface area (Å²) in [6, 6.07) is 8.25. The molecule has 33 heavy (non-hydrogen) atoms. The molecule has 1 aliphatic heterocycles. The molecule has 0 aliphatic carbocycles. The summed E-state index contributed by atoms with van der Waals surface area (Å²) in [5.74, 6) is -1.18. The molecule has 1 aromatic heterocycles. The van der Waals surface area contributed by atoms with Crippen molar-refractivity contribution in [2.75, 3.05) is 6.54 Å². The standard InChI is InChI=1S/C25H33N5O3/c1-5-15-6-7-16-12-20(29-19(16)10-15)23(32)30-21(13-25(2,3)4)24(33)28-18(14-26)11-17-8-9-27-22(17)31/h6-7,10,12,17-18,21,29H,5,8-9,11,13H2,1-4H3,(H,27,31)(H,28,33)(H,30,32)/t17-,18-,21-/m0/s1. The Hall–Kier alpha value is -3.34. The van der Waals surface area contributed by atoms with E-state index in [-0.39, 0.29) is 29.6 Å². The Bertz CT molecular complexity index is 1080. The van der Waals surface area contributed by atoms with Gasteiger partial charge in [0, 0.05) is 23.4 Å². The minimum absolute atomic E-state index is 0.0888. The van der Waals surface area contributed by atoms with Gasteiger partial charge in [0.15, 0.2) is 0 Å². The predicted octanol–water partition coefficient (Wildman–Crippen LogP) is 2.80. The third-order valence-electron chi connectivity index (χ3n) is 5.93. The monoisotopic (exact) mass is 451 g/mol. The molecule has 2 aromatic rings. The number of hydrogen-bond acceptors (Lipinski definition) is 4. The lowest BCUT2D eigenvalue weighted by atomic mass is 9.87. The molecule has 0 spiro atoms. The Morgan fingerprint density at radius 3 is 2.61 bits per heavy atom. The fourth-order valence-electron chi connectivity index (χ4n) is 4.14. The first kappa shape index (κ1) is 24.3. The number of hydrogen-bond donors (Lipinski definition) is 4. The number of rotatable bonds is 8. The molecule has 0 unspecified atom stereocenters. The van der Waals surface area contributed by atoms with E-state index in [2.05, 4.69) is 33.9 Å². The molecule has 8 heteroatoms. The molecule has 0 bridgehead atoms. The second-order valence-corrected chi connectivity index (χ2v) is 9.95. The number of aryl methyl sites for hydroxylation is 1. The summed E-state index contributed by atoms with van der Waals surface area (Å²) in [7, 11) is 0. The van der Waals surface area contributed by atoms with E-state index in [4.69, 9.17) is 0 Å². The predicted molar refractivity (Wildman–Crippen MR) is 126 cm³/mol.